The number of benzene rings is 1. The molecule has 120 valence electrons. The molecule has 1 atom stereocenters. The fourth-order valence-corrected chi connectivity index (χ4v) is 3.53. The quantitative estimate of drug-likeness (QED) is 0.690. The lowest BCUT2D eigenvalue weighted by atomic mass is 10.4. The third-order valence-corrected chi connectivity index (χ3v) is 5.10. The molecule has 0 spiro atoms. The van der Waals surface area contributed by atoms with Crippen molar-refractivity contribution in [3.8, 4) is 0 Å². The maximum absolute atomic E-state index is 12.0. The van der Waals surface area contributed by atoms with E-state index in [9.17, 15) is 18.0 Å². The van der Waals surface area contributed by atoms with E-state index in [1.54, 1.807) is 24.3 Å². The summed E-state index contributed by atoms with van der Waals surface area (Å²) in [5.41, 5.74) is 0. The number of aliphatic carboxylic acids is 2. The summed E-state index contributed by atoms with van der Waals surface area (Å²) in [7, 11) is -3.10. The molecule has 2 rings (SSSR count). The van der Waals surface area contributed by atoms with E-state index in [0.717, 1.165) is 13.0 Å². The Morgan fingerprint density at radius 1 is 1.09 bits per heavy atom. The van der Waals surface area contributed by atoms with Crippen molar-refractivity contribution in [1.82, 2.24) is 5.32 Å². The fourth-order valence-electron chi connectivity index (χ4n) is 1.84. The van der Waals surface area contributed by atoms with Crippen LogP contribution in [-0.2, 0) is 19.4 Å². The van der Waals surface area contributed by atoms with Gasteiger partial charge in [0.05, 0.1) is 10.1 Å². The van der Waals surface area contributed by atoms with Crippen LogP contribution >= 0.6 is 0 Å². The molecule has 22 heavy (non-hydrogen) atoms. The molecule has 0 aromatic heterocycles. The van der Waals surface area contributed by atoms with E-state index < -0.39 is 21.8 Å². The molecule has 0 amide bonds. The lowest BCUT2D eigenvalue weighted by molar-refractivity contribution is -0.134. The molecule has 1 saturated heterocycles. The van der Waals surface area contributed by atoms with Crippen molar-refractivity contribution in [1.29, 1.82) is 0 Å². The van der Waals surface area contributed by atoms with Gasteiger partial charge >= 0.3 is 11.9 Å². The molecule has 7 nitrogen and oxygen atoms in total. The Hall–Kier alpha value is -2.19. The minimum Gasteiger partial charge on any atom is -0.478 e. The normalized spacial score (nSPS) is 17.7. The van der Waals surface area contributed by atoms with Gasteiger partial charge in [0, 0.05) is 18.7 Å². The molecule has 1 aromatic carbocycles. The van der Waals surface area contributed by atoms with Crippen LogP contribution in [0.3, 0.4) is 0 Å². The van der Waals surface area contributed by atoms with Gasteiger partial charge in [0.15, 0.2) is 9.84 Å². The topological polar surface area (TPSA) is 121 Å². The third kappa shape index (κ3) is 5.66. The van der Waals surface area contributed by atoms with Crippen LogP contribution in [0.5, 0.6) is 0 Å². The van der Waals surface area contributed by atoms with Crippen LogP contribution in [0, 0.1) is 0 Å². The van der Waals surface area contributed by atoms with Crippen molar-refractivity contribution >= 4 is 21.8 Å². The molecule has 1 aromatic rings. The van der Waals surface area contributed by atoms with Gasteiger partial charge in [-0.2, -0.15) is 0 Å². The Kier molecular flexibility index (Phi) is 6.74. The first-order valence-electron chi connectivity index (χ1n) is 6.47. The average Bonchev–Trinajstić information content (AvgIpc) is 3.02. The standard InChI is InChI=1S/C10H13NO2S.C4H4O4/c12-14(13,10-6-7-11-8-10)9-4-2-1-3-5-9;5-3(6)1-2-4(7)8/h1-5,10-11H,6-8H2;1-2H,(H,5,6)(H,7,8). The van der Waals surface area contributed by atoms with Crippen molar-refractivity contribution in [2.24, 2.45) is 0 Å². The van der Waals surface area contributed by atoms with Crippen molar-refractivity contribution in [2.75, 3.05) is 13.1 Å². The largest absolute Gasteiger partial charge is 0.478 e. The Bertz CT molecular complexity index is 617. The first-order valence-corrected chi connectivity index (χ1v) is 8.02. The van der Waals surface area contributed by atoms with Crippen LogP contribution < -0.4 is 5.32 Å². The highest BCUT2D eigenvalue weighted by molar-refractivity contribution is 7.92. The van der Waals surface area contributed by atoms with E-state index in [0.29, 0.717) is 23.6 Å². The van der Waals surface area contributed by atoms with Gasteiger partial charge in [0.2, 0.25) is 0 Å². The van der Waals surface area contributed by atoms with Crippen LogP contribution in [0.4, 0.5) is 0 Å². The maximum atomic E-state index is 12.0. The Balaban J connectivity index is 0.000000261. The van der Waals surface area contributed by atoms with E-state index in [-0.39, 0.29) is 5.25 Å². The second kappa shape index (κ2) is 8.30. The van der Waals surface area contributed by atoms with Crippen molar-refractivity contribution in [2.45, 2.75) is 16.6 Å². The van der Waals surface area contributed by atoms with Crippen LogP contribution in [0.1, 0.15) is 6.42 Å². The van der Waals surface area contributed by atoms with Crippen LogP contribution in [0.2, 0.25) is 0 Å². The van der Waals surface area contributed by atoms with E-state index in [2.05, 4.69) is 5.32 Å². The number of carboxylic acids is 2. The van der Waals surface area contributed by atoms with Gasteiger partial charge in [-0.05, 0) is 25.1 Å². The molecule has 0 bridgehead atoms. The number of hydrogen-bond donors (Lipinski definition) is 3. The van der Waals surface area contributed by atoms with Crippen molar-refractivity contribution < 1.29 is 28.2 Å². The first kappa shape index (κ1) is 17.9. The van der Waals surface area contributed by atoms with Crippen molar-refractivity contribution in [3.63, 3.8) is 0 Å². The van der Waals surface area contributed by atoms with Crippen molar-refractivity contribution in [3.05, 3.63) is 42.5 Å². The molecule has 0 radical (unpaired) electrons. The van der Waals surface area contributed by atoms with Gasteiger partial charge in [0.25, 0.3) is 0 Å². The molecule has 1 fully saturated rings. The van der Waals surface area contributed by atoms with Gasteiger partial charge in [-0.3, -0.25) is 0 Å². The van der Waals surface area contributed by atoms with Gasteiger partial charge in [-0.25, -0.2) is 18.0 Å². The molecule has 0 saturated carbocycles. The molecule has 1 unspecified atom stereocenters. The second-order valence-corrected chi connectivity index (χ2v) is 6.71. The smallest absolute Gasteiger partial charge is 0.328 e. The molecule has 1 aliphatic heterocycles. The molecular formula is C14H17NO6S. The molecule has 3 N–H and O–H groups in total. The zero-order valence-electron chi connectivity index (χ0n) is 11.7. The number of hydrogen-bond acceptors (Lipinski definition) is 5. The van der Waals surface area contributed by atoms with E-state index in [1.807, 2.05) is 6.07 Å². The highest BCUT2D eigenvalue weighted by atomic mass is 32.2. The predicted octanol–water partition coefficient (Wildman–Crippen LogP) is 0.534. The van der Waals surface area contributed by atoms with Gasteiger partial charge in [-0.15, -0.1) is 0 Å². The maximum Gasteiger partial charge on any atom is 0.328 e. The van der Waals surface area contributed by atoms with E-state index >= 15 is 0 Å². The zero-order chi connectivity index (χ0) is 16.6. The molecule has 8 heteroatoms. The molecule has 0 aliphatic carbocycles. The van der Waals surface area contributed by atoms with E-state index in [1.165, 1.54) is 0 Å². The summed E-state index contributed by atoms with van der Waals surface area (Å²) < 4.78 is 24.0. The summed E-state index contributed by atoms with van der Waals surface area (Å²) in [6.45, 7) is 1.38. The number of nitrogens with one attached hydrogen (secondary N) is 1. The first-order chi connectivity index (χ1) is 10.3. The molecule has 1 heterocycles. The summed E-state index contributed by atoms with van der Waals surface area (Å²) >= 11 is 0. The molecule has 1 aliphatic rings. The highest BCUT2D eigenvalue weighted by Gasteiger charge is 2.29. The highest BCUT2D eigenvalue weighted by Crippen LogP contribution is 2.19. The Morgan fingerprint density at radius 3 is 2.05 bits per heavy atom. The predicted molar refractivity (Wildman–Crippen MR) is 79.3 cm³/mol. The summed E-state index contributed by atoms with van der Waals surface area (Å²) in [5.74, 6) is -2.51. The second-order valence-electron chi connectivity index (χ2n) is 4.48. The third-order valence-electron chi connectivity index (χ3n) is 2.89. The minimum atomic E-state index is -3.10. The van der Waals surface area contributed by atoms with Gasteiger partial charge < -0.3 is 15.5 Å². The van der Waals surface area contributed by atoms with Crippen LogP contribution in [-0.4, -0.2) is 48.9 Å². The Labute approximate surface area is 128 Å². The number of carbonyl (C=O) groups is 2. The summed E-state index contributed by atoms with van der Waals surface area (Å²) in [5, 5.41) is 18.4. The SMILES string of the molecule is O=C(O)C=CC(=O)O.O=S(=O)(c1ccccc1)C1CCNC1. The van der Waals surface area contributed by atoms with Crippen LogP contribution in [0.25, 0.3) is 0 Å². The lowest BCUT2D eigenvalue weighted by Gasteiger charge is -2.09. The lowest BCUT2D eigenvalue weighted by Crippen LogP contribution is -2.23. The van der Waals surface area contributed by atoms with Gasteiger partial charge in [0.1, 0.15) is 0 Å². The monoisotopic (exact) mass is 327 g/mol. The number of sulfone groups is 1. The molecular weight excluding hydrogens is 310 g/mol. The summed E-state index contributed by atoms with van der Waals surface area (Å²) in [4.78, 5) is 19.5. The summed E-state index contributed by atoms with van der Waals surface area (Å²) in [6.07, 6.45) is 1.84. The average molecular weight is 327 g/mol. The number of rotatable bonds is 4. The summed E-state index contributed by atoms with van der Waals surface area (Å²) in [6, 6.07) is 8.66. The zero-order valence-corrected chi connectivity index (χ0v) is 12.5. The van der Waals surface area contributed by atoms with Crippen LogP contribution in [0.15, 0.2) is 47.4 Å². The van der Waals surface area contributed by atoms with E-state index in [4.69, 9.17) is 10.2 Å². The fraction of sp³-hybridized carbons (Fsp3) is 0.286. The minimum absolute atomic E-state index is 0.245. The Morgan fingerprint density at radius 2 is 1.64 bits per heavy atom. The number of carboxylic acid groups (broad SMARTS) is 2. The van der Waals surface area contributed by atoms with Gasteiger partial charge in [-0.1, -0.05) is 18.2 Å².